The van der Waals surface area contributed by atoms with Crippen LogP contribution in [0.25, 0.3) is 0 Å². The lowest BCUT2D eigenvalue weighted by Gasteiger charge is -2.22. The fourth-order valence-corrected chi connectivity index (χ4v) is 2.22. The molecule has 110 valence electrons. The van der Waals surface area contributed by atoms with Crippen molar-refractivity contribution in [2.75, 3.05) is 29.0 Å². The van der Waals surface area contributed by atoms with Gasteiger partial charge >= 0.3 is 0 Å². The molecule has 0 fully saturated rings. The van der Waals surface area contributed by atoms with E-state index in [4.69, 9.17) is 17.3 Å². The number of para-hydroxylation sites is 1. The zero-order chi connectivity index (χ0) is 15.2. The van der Waals surface area contributed by atoms with Crippen LogP contribution in [0.4, 0.5) is 17.1 Å². The minimum absolute atomic E-state index is 0.116. The molecule has 21 heavy (non-hydrogen) atoms. The van der Waals surface area contributed by atoms with Crippen molar-refractivity contribution < 1.29 is 4.79 Å². The molecule has 0 saturated heterocycles. The van der Waals surface area contributed by atoms with Crippen LogP contribution in [0.5, 0.6) is 0 Å². The van der Waals surface area contributed by atoms with E-state index in [1.165, 1.54) is 0 Å². The summed E-state index contributed by atoms with van der Waals surface area (Å²) in [4.78, 5) is 14.1. The second-order valence-corrected chi connectivity index (χ2v) is 5.07. The standard InChI is InChI=1S/C16H18ClN3O/c1-2-20(13-6-4-3-5-7-13)11-16(21)19-15-9-8-12(17)10-14(15)18/h3-10H,2,11,18H2,1H3,(H,19,21). The molecule has 0 heterocycles. The molecule has 0 atom stereocenters. The summed E-state index contributed by atoms with van der Waals surface area (Å²) in [6.07, 6.45) is 0. The molecule has 0 saturated carbocycles. The van der Waals surface area contributed by atoms with Crippen molar-refractivity contribution in [2.24, 2.45) is 0 Å². The monoisotopic (exact) mass is 303 g/mol. The van der Waals surface area contributed by atoms with Crippen molar-refractivity contribution in [2.45, 2.75) is 6.92 Å². The number of benzene rings is 2. The van der Waals surface area contributed by atoms with E-state index in [2.05, 4.69) is 5.32 Å². The molecule has 0 aliphatic carbocycles. The number of nitrogens with two attached hydrogens (primary N) is 1. The van der Waals surface area contributed by atoms with Gasteiger partial charge in [0.2, 0.25) is 5.91 Å². The average Bonchev–Trinajstić information content (AvgIpc) is 2.48. The SMILES string of the molecule is CCN(CC(=O)Nc1ccc(Cl)cc1N)c1ccccc1. The third-order valence-electron chi connectivity index (χ3n) is 3.13. The van der Waals surface area contributed by atoms with Gasteiger partial charge in [-0.3, -0.25) is 4.79 Å². The fourth-order valence-electron chi connectivity index (χ4n) is 2.03. The minimum atomic E-state index is -0.116. The van der Waals surface area contributed by atoms with Crippen molar-refractivity contribution in [3.05, 3.63) is 53.6 Å². The van der Waals surface area contributed by atoms with Gasteiger partial charge in [0.1, 0.15) is 0 Å². The van der Waals surface area contributed by atoms with E-state index >= 15 is 0 Å². The van der Waals surface area contributed by atoms with E-state index in [1.54, 1.807) is 18.2 Å². The van der Waals surface area contributed by atoms with Crippen LogP contribution in [0.3, 0.4) is 0 Å². The van der Waals surface area contributed by atoms with Crippen LogP contribution in [0.1, 0.15) is 6.92 Å². The number of carbonyl (C=O) groups excluding carboxylic acids is 1. The van der Waals surface area contributed by atoms with Gasteiger partial charge in [-0.2, -0.15) is 0 Å². The van der Waals surface area contributed by atoms with Crippen molar-refractivity contribution in [3.63, 3.8) is 0 Å². The lowest BCUT2D eigenvalue weighted by Crippen LogP contribution is -2.33. The topological polar surface area (TPSA) is 58.4 Å². The zero-order valence-corrected chi connectivity index (χ0v) is 12.6. The first-order valence-corrected chi connectivity index (χ1v) is 7.13. The zero-order valence-electron chi connectivity index (χ0n) is 11.8. The Morgan fingerprint density at radius 3 is 2.57 bits per heavy atom. The maximum atomic E-state index is 12.2. The van der Waals surface area contributed by atoms with Crippen molar-refractivity contribution in [1.29, 1.82) is 0 Å². The number of hydrogen-bond donors (Lipinski definition) is 2. The van der Waals surface area contributed by atoms with Crippen molar-refractivity contribution in [1.82, 2.24) is 0 Å². The maximum Gasteiger partial charge on any atom is 0.243 e. The summed E-state index contributed by atoms with van der Waals surface area (Å²) in [6.45, 7) is 3.02. The number of hydrogen-bond acceptors (Lipinski definition) is 3. The van der Waals surface area contributed by atoms with E-state index in [0.717, 1.165) is 12.2 Å². The highest BCUT2D eigenvalue weighted by Gasteiger charge is 2.11. The molecule has 3 N–H and O–H groups in total. The summed E-state index contributed by atoms with van der Waals surface area (Å²) < 4.78 is 0. The molecule has 0 aliphatic rings. The molecule has 2 aromatic rings. The lowest BCUT2D eigenvalue weighted by atomic mass is 10.2. The van der Waals surface area contributed by atoms with Crippen LogP contribution >= 0.6 is 11.6 Å². The highest BCUT2D eigenvalue weighted by molar-refractivity contribution is 6.31. The number of carbonyl (C=O) groups is 1. The summed E-state index contributed by atoms with van der Waals surface area (Å²) in [7, 11) is 0. The summed E-state index contributed by atoms with van der Waals surface area (Å²) in [5.41, 5.74) is 7.88. The Morgan fingerprint density at radius 2 is 1.95 bits per heavy atom. The van der Waals surface area contributed by atoms with Gasteiger partial charge in [-0.05, 0) is 37.3 Å². The summed E-state index contributed by atoms with van der Waals surface area (Å²) in [5.74, 6) is -0.116. The number of rotatable bonds is 5. The number of halogens is 1. The Kier molecular flexibility index (Phi) is 5.06. The van der Waals surface area contributed by atoms with Crippen molar-refractivity contribution in [3.8, 4) is 0 Å². The second-order valence-electron chi connectivity index (χ2n) is 4.63. The molecule has 0 aromatic heterocycles. The Bertz CT molecular complexity index is 616. The van der Waals surface area contributed by atoms with E-state index < -0.39 is 0 Å². The van der Waals surface area contributed by atoms with E-state index in [-0.39, 0.29) is 12.5 Å². The minimum Gasteiger partial charge on any atom is -0.397 e. The van der Waals surface area contributed by atoms with E-state index in [0.29, 0.717) is 16.4 Å². The summed E-state index contributed by atoms with van der Waals surface area (Å²) in [5, 5.41) is 3.35. The van der Waals surface area contributed by atoms with Gasteiger partial charge in [-0.25, -0.2) is 0 Å². The largest absolute Gasteiger partial charge is 0.397 e. The number of amides is 1. The first-order chi connectivity index (χ1) is 10.1. The summed E-state index contributed by atoms with van der Waals surface area (Å²) in [6, 6.07) is 14.8. The molecule has 0 aliphatic heterocycles. The Hall–Kier alpha value is -2.20. The number of anilines is 3. The van der Waals surface area contributed by atoms with Gasteiger partial charge < -0.3 is 16.0 Å². The first kappa shape index (κ1) is 15.2. The number of nitrogens with one attached hydrogen (secondary N) is 1. The predicted molar refractivity (Wildman–Crippen MR) is 88.8 cm³/mol. The number of nitrogens with zero attached hydrogens (tertiary/aromatic N) is 1. The molecule has 4 nitrogen and oxygen atoms in total. The van der Waals surface area contributed by atoms with Crippen LogP contribution in [0.15, 0.2) is 48.5 Å². The molecule has 0 radical (unpaired) electrons. The van der Waals surface area contributed by atoms with Gasteiger partial charge in [-0.1, -0.05) is 29.8 Å². The number of nitrogen functional groups attached to an aromatic ring is 1. The van der Waals surface area contributed by atoms with Crippen LogP contribution in [-0.2, 0) is 4.79 Å². The van der Waals surface area contributed by atoms with Crippen molar-refractivity contribution >= 4 is 34.6 Å². The highest BCUT2D eigenvalue weighted by atomic mass is 35.5. The highest BCUT2D eigenvalue weighted by Crippen LogP contribution is 2.22. The number of likely N-dealkylation sites (N-methyl/N-ethyl adjacent to an activating group) is 1. The molecule has 2 rings (SSSR count). The van der Waals surface area contributed by atoms with Crippen LogP contribution < -0.4 is 16.0 Å². The quantitative estimate of drug-likeness (QED) is 0.832. The third kappa shape index (κ3) is 4.13. The normalized spacial score (nSPS) is 10.2. The fraction of sp³-hybridized carbons (Fsp3) is 0.188. The van der Waals surface area contributed by atoms with E-state index in [9.17, 15) is 4.79 Å². The van der Waals surface area contributed by atoms with Crippen LogP contribution in [0, 0.1) is 0 Å². The Balaban J connectivity index is 2.03. The smallest absolute Gasteiger partial charge is 0.243 e. The average molecular weight is 304 g/mol. The second kappa shape index (κ2) is 6.99. The molecular formula is C16H18ClN3O. The van der Waals surface area contributed by atoms with Gasteiger partial charge in [0.25, 0.3) is 0 Å². The first-order valence-electron chi connectivity index (χ1n) is 6.75. The van der Waals surface area contributed by atoms with Crippen LogP contribution in [-0.4, -0.2) is 19.0 Å². The molecule has 0 unspecified atom stereocenters. The lowest BCUT2D eigenvalue weighted by molar-refractivity contribution is -0.115. The third-order valence-corrected chi connectivity index (χ3v) is 3.36. The Labute approximate surface area is 129 Å². The van der Waals surface area contributed by atoms with Gasteiger partial charge in [0, 0.05) is 17.3 Å². The van der Waals surface area contributed by atoms with Gasteiger partial charge in [0.05, 0.1) is 17.9 Å². The Morgan fingerprint density at radius 1 is 1.24 bits per heavy atom. The summed E-state index contributed by atoms with van der Waals surface area (Å²) >= 11 is 5.84. The van der Waals surface area contributed by atoms with E-state index in [1.807, 2.05) is 42.2 Å². The molecule has 1 amide bonds. The molecule has 2 aromatic carbocycles. The van der Waals surface area contributed by atoms with Gasteiger partial charge in [0.15, 0.2) is 0 Å². The van der Waals surface area contributed by atoms with Crippen LogP contribution in [0.2, 0.25) is 5.02 Å². The van der Waals surface area contributed by atoms with Gasteiger partial charge in [-0.15, -0.1) is 0 Å². The predicted octanol–water partition coefficient (Wildman–Crippen LogP) is 3.39. The molecule has 5 heteroatoms. The molecule has 0 spiro atoms. The molecular weight excluding hydrogens is 286 g/mol. The molecule has 0 bridgehead atoms. The maximum absolute atomic E-state index is 12.2.